The highest BCUT2D eigenvalue weighted by Crippen LogP contribution is 2.20. The van der Waals surface area contributed by atoms with Crippen molar-refractivity contribution in [3.8, 4) is 0 Å². The summed E-state index contributed by atoms with van der Waals surface area (Å²) in [6.45, 7) is 3.17. The number of hydrogen-bond donors (Lipinski definition) is 2. The molecular weight excluding hydrogens is 226 g/mol. The van der Waals surface area contributed by atoms with E-state index in [0.29, 0.717) is 11.5 Å². The van der Waals surface area contributed by atoms with Crippen molar-refractivity contribution in [1.82, 2.24) is 9.97 Å². The van der Waals surface area contributed by atoms with Gasteiger partial charge in [-0.25, -0.2) is 14.8 Å². The van der Waals surface area contributed by atoms with Crippen molar-refractivity contribution in [2.75, 3.05) is 5.32 Å². The Morgan fingerprint density at radius 1 is 1.50 bits per heavy atom. The van der Waals surface area contributed by atoms with Crippen molar-refractivity contribution < 1.29 is 9.90 Å². The molecule has 0 aromatic carbocycles. The predicted molar refractivity (Wildman–Crippen MR) is 62.8 cm³/mol. The van der Waals surface area contributed by atoms with Gasteiger partial charge in [0.05, 0.1) is 10.2 Å². The van der Waals surface area contributed by atoms with Gasteiger partial charge < -0.3 is 10.4 Å². The first kappa shape index (κ1) is 10.8. The van der Waals surface area contributed by atoms with Crippen LogP contribution in [0.2, 0.25) is 0 Å². The Bertz CT molecular complexity index is 536. The summed E-state index contributed by atoms with van der Waals surface area (Å²) in [4.78, 5) is 19.2. The van der Waals surface area contributed by atoms with E-state index in [1.165, 1.54) is 11.3 Å². The SMILES string of the molecule is CC(C)(Nc1ccc2scnc2n1)C(=O)O. The molecule has 6 heteroatoms. The smallest absolute Gasteiger partial charge is 0.328 e. The highest BCUT2D eigenvalue weighted by molar-refractivity contribution is 7.16. The number of thiazole rings is 1. The number of carboxylic acid groups (broad SMARTS) is 1. The second-order valence-electron chi connectivity index (χ2n) is 3.93. The number of rotatable bonds is 3. The van der Waals surface area contributed by atoms with Gasteiger partial charge in [-0.2, -0.15) is 0 Å². The van der Waals surface area contributed by atoms with Crippen molar-refractivity contribution in [2.45, 2.75) is 19.4 Å². The Labute approximate surface area is 96.2 Å². The molecule has 0 amide bonds. The monoisotopic (exact) mass is 237 g/mol. The summed E-state index contributed by atoms with van der Waals surface area (Å²) in [6.07, 6.45) is 0. The molecule has 0 radical (unpaired) electrons. The zero-order valence-electron chi connectivity index (χ0n) is 8.89. The highest BCUT2D eigenvalue weighted by atomic mass is 32.1. The van der Waals surface area contributed by atoms with Crippen LogP contribution in [-0.2, 0) is 4.79 Å². The van der Waals surface area contributed by atoms with E-state index in [9.17, 15) is 4.79 Å². The number of aromatic nitrogens is 2. The molecule has 0 aliphatic heterocycles. The number of aliphatic carboxylic acids is 1. The lowest BCUT2D eigenvalue weighted by Gasteiger charge is -2.21. The molecule has 0 unspecified atom stereocenters. The van der Waals surface area contributed by atoms with Crippen LogP contribution in [0.4, 0.5) is 5.82 Å². The van der Waals surface area contributed by atoms with Crippen molar-refractivity contribution in [1.29, 1.82) is 0 Å². The maximum absolute atomic E-state index is 10.9. The summed E-state index contributed by atoms with van der Waals surface area (Å²) in [5, 5.41) is 11.8. The van der Waals surface area contributed by atoms with Gasteiger partial charge in [0.15, 0.2) is 5.65 Å². The summed E-state index contributed by atoms with van der Waals surface area (Å²) < 4.78 is 0.985. The molecule has 84 valence electrons. The quantitative estimate of drug-likeness (QED) is 0.853. The van der Waals surface area contributed by atoms with Gasteiger partial charge in [0, 0.05) is 0 Å². The zero-order valence-corrected chi connectivity index (χ0v) is 9.71. The van der Waals surface area contributed by atoms with E-state index in [0.717, 1.165) is 4.70 Å². The van der Waals surface area contributed by atoms with E-state index in [2.05, 4.69) is 15.3 Å². The van der Waals surface area contributed by atoms with E-state index in [1.807, 2.05) is 6.07 Å². The van der Waals surface area contributed by atoms with Crippen molar-refractivity contribution in [2.24, 2.45) is 0 Å². The molecule has 5 nitrogen and oxygen atoms in total. The first-order valence-corrected chi connectivity index (χ1v) is 5.59. The number of carbonyl (C=O) groups is 1. The van der Waals surface area contributed by atoms with Crippen LogP contribution in [0.5, 0.6) is 0 Å². The Balaban J connectivity index is 2.30. The number of nitrogens with zero attached hydrogens (tertiary/aromatic N) is 2. The Kier molecular flexibility index (Phi) is 2.51. The molecule has 2 N–H and O–H groups in total. The Morgan fingerprint density at radius 2 is 2.25 bits per heavy atom. The number of hydrogen-bond acceptors (Lipinski definition) is 5. The number of carboxylic acids is 1. The van der Waals surface area contributed by atoms with Gasteiger partial charge in [-0.05, 0) is 26.0 Å². The van der Waals surface area contributed by atoms with Crippen molar-refractivity contribution in [3.05, 3.63) is 17.6 Å². The van der Waals surface area contributed by atoms with Gasteiger partial charge in [0.2, 0.25) is 0 Å². The van der Waals surface area contributed by atoms with Crippen molar-refractivity contribution in [3.63, 3.8) is 0 Å². The first-order chi connectivity index (χ1) is 7.49. The van der Waals surface area contributed by atoms with E-state index in [1.54, 1.807) is 25.4 Å². The number of pyridine rings is 1. The number of fused-ring (bicyclic) bond motifs is 1. The molecule has 2 rings (SSSR count). The standard InChI is InChI=1S/C10H11N3O2S/c1-10(2,9(14)15)13-7-4-3-6-8(12-7)11-5-16-6/h3-5H,1-2H3,(H,12,13)(H,14,15). The molecule has 2 aromatic heterocycles. The third-order valence-electron chi connectivity index (χ3n) is 2.17. The zero-order chi connectivity index (χ0) is 11.8. The second-order valence-corrected chi connectivity index (χ2v) is 4.81. The lowest BCUT2D eigenvalue weighted by Crippen LogP contribution is -2.40. The topological polar surface area (TPSA) is 75.1 Å². The van der Waals surface area contributed by atoms with E-state index >= 15 is 0 Å². The number of anilines is 1. The largest absolute Gasteiger partial charge is 0.480 e. The minimum absolute atomic E-state index is 0.519. The molecule has 0 spiro atoms. The van der Waals surface area contributed by atoms with Crippen LogP contribution >= 0.6 is 11.3 Å². The van der Waals surface area contributed by atoms with Gasteiger partial charge in [-0.15, -0.1) is 11.3 Å². The third kappa shape index (κ3) is 1.96. The van der Waals surface area contributed by atoms with Crippen LogP contribution < -0.4 is 5.32 Å². The molecule has 2 heterocycles. The second kappa shape index (κ2) is 3.71. The van der Waals surface area contributed by atoms with Gasteiger partial charge in [-0.1, -0.05) is 0 Å². The van der Waals surface area contributed by atoms with Gasteiger partial charge in [0.1, 0.15) is 11.4 Å². The first-order valence-electron chi connectivity index (χ1n) is 4.71. The summed E-state index contributed by atoms with van der Waals surface area (Å²) >= 11 is 1.50. The van der Waals surface area contributed by atoms with Crippen LogP contribution in [0.3, 0.4) is 0 Å². The maximum atomic E-state index is 10.9. The van der Waals surface area contributed by atoms with Crippen LogP contribution in [0.15, 0.2) is 17.6 Å². The fourth-order valence-corrected chi connectivity index (χ4v) is 1.81. The van der Waals surface area contributed by atoms with Gasteiger partial charge in [-0.3, -0.25) is 0 Å². The van der Waals surface area contributed by atoms with Crippen molar-refractivity contribution >= 4 is 33.5 Å². The van der Waals surface area contributed by atoms with E-state index < -0.39 is 11.5 Å². The number of nitrogens with one attached hydrogen (secondary N) is 1. The third-order valence-corrected chi connectivity index (χ3v) is 2.95. The Hall–Kier alpha value is -1.69. The predicted octanol–water partition coefficient (Wildman–Crippen LogP) is 1.97. The normalized spacial score (nSPS) is 11.6. The molecule has 0 saturated carbocycles. The molecule has 0 saturated heterocycles. The lowest BCUT2D eigenvalue weighted by molar-refractivity contribution is -0.141. The van der Waals surface area contributed by atoms with Crippen LogP contribution in [-0.4, -0.2) is 26.6 Å². The molecule has 2 aromatic rings. The molecular formula is C10H11N3O2S. The minimum atomic E-state index is -1.04. The summed E-state index contributed by atoms with van der Waals surface area (Å²) in [5.41, 5.74) is 1.30. The maximum Gasteiger partial charge on any atom is 0.328 e. The van der Waals surface area contributed by atoms with Crippen LogP contribution in [0.25, 0.3) is 10.3 Å². The molecule has 16 heavy (non-hydrogen) atoms. The van der Waals surface area contributed by atoms with Gasteiger partial charge >= 0.3 is 5.97 Å². The molecule has 0 fully saturated rings. The molecule has 0 atom stereocenters. The summed E-state index contributed by atoms with van der Waals surface area (Å²) in [5.74, 6) is -0.404. The summed E-state index contributed by atoms with van der Waals surface area (Å²) in [6, 6.07) is 3.63. The average Bonchev–Trinajstić information content (AvgIpc) is 2.63. The fourth-order valence-electron chi connectivity index (χ4n) is 1.20. The Morgan fingerprint density at radius 3 is 2.94 bits per heavy atom. The average molecular weight is 237 g/mol. The lowest BCUT2D eigenvalue weighted by atomic mass is 10.1. The minimum Gasteiger partial charge on any atom is -0.480 e. The molecule has 0 aliphatic rings. The molecule has 0 bridgehead atoms. The van der Waals surface area contributed by atoms with Gasteiger partial charge in [0.25, 0.3) is 0 Å². The van der Waals surface area contributed by atoms with Crippen LogP contribution in [0, 0.1) is 0 Å². The fraction of sp³-hybridized carbons (Fsp3) is 0.300. The summed E-state index contributed by atoms with van der Waals surface area (Å²) in [7, 11) is 0. The molecule has 0 aliphatic carbocycles. The van der Waals surface area contributed by atoms with E-state index in [4.69, 9.17) is 5.11 Å². The van der Waals surface area contributed by atoms with Crippen LogP contribution in [0.1, 0.15) is 13.8 Å². The highest BCUT2D eigenvalue weighted by Gasteiger charge is 2.27. The van der Waals surface area contributed by atoms with E-state index in [-0.39, 0.29) is 0 Å².